The highest BCUT2D eigenvalue weighted by Crippen LogP contribution is 2.33. The highest BCUT2D eigenvalue weighted by molar-refractivity contribution is 7.17. The summed E-state index contributed by atoms with van der Waals surface area (Å²) in [6.07, 6.45) is 0. The van der Waals surface area contributed by atoms with Gasteiger partial charge in [0.2, 0.25) is 0 Å². The van der Waals surface area contributed by atoms with E-state index >= 15 is 0 Å². The number of aryl methyl sites for hydroxylation is 1. The third-order valence-corrected chi connectivity index (χ3v) is 3.66. The van der Waals surface area contributed by atoms with Crippen molar-refractivity contribution in [2.45, 2.75) is 13.8 Å². The molecule has 106 valence electrons. The van der Waals surface area contributed by atoms with E-state index in [0.29, 0.717) is 22.3 Å². The van der Waals surface area contributed by atoms with E-state index in [9.17, 15) is 4.79 Å². The van der Waals surface area contributed by atoms with Crippen molar-refractivity contribution in [1.29, 1.82) is 0 Å². The average Bonchev–Trinajstić information content (AvgIpc) is 2.80. The van der Waals surface area contributed by atoms with E-state index < -0.39 is 5.97 Å². The first-order valence-electron chi connectivity index (χ1n) is 6.15. The van der Waals surface area contributed by atoms with Crippen molar-refractivity contribution in [2.75, 3.05) is 19.5 Å². The molecule has 0 unspecified atom stereocenters. The Morgan fingerprint density at radius 2 is 2.20 bits per heavy atom. The molecule has 6 heteroatoms. The van der Waals surface area contributed by atoms with Crippen LogP contribution in [-0.2, 0) is 4.74 Å². The molecule has 0 aliphatic heterocycles. The number of carbonyl (C=O) groups excluding carboxylic acids is 1. The number of rotatable bonds is 4. The molecule has 1 aromatic carbocycles. The number of nitrogens with zero attached hydrogens (tertiary/aromatic N) is 1. The summed E-state index contributed by atoms with van der Waals surface area (Å²) in [6, 6.07) is 5.58. The zero-order chi connectivity index (χ0) is 14.7. The summed E-state index contributed by atoms with van der Waals surface area (Å²) in [7, 11) is 1.61. The first-order chi connectivity index (χ1) is 9.56. The first-order valence-corrected chi connectivity index (χ1v) is 6.97. The van der Waals surface area contributed by atoms with Crippen molar-refractivity contribution >= 4 is 22.4 Å². The van der Waals surface area contributed by atoms with Crippen LogP contribution in [0.3, 0.4) is 0 Å². The predicted molar refractivity (Wildman–Crippen MR) is 79.2 cm³/mol. The number of aromatic nitrogens is 1. The lowest BCUT2D eigenvalue weighted by Gasteiger charge is -2.07. The Bertz CT molecular complexity index is 637. The highest BCUT2D eigenvalue weighted by atomic mass is 32.1. The summed E-state index contributed by atoms with van der Waals surface area (Å²) >= 11 is 1.14. The Morgan fingerprint density at radius 1 is 1.45 bits per heavy atom. The largest absolute Gasteiger partial charge is 0.497 e. The number of thiazole rings is 1. The number of anilines is 1. The second kappa shape index (κ2) is 5.92. The monoisotopic (exact) mass is 292 g/mol. The maximum absolute atomic E-state index is 12.0. The molecule has 2 N–H and O–H groups in total. The van der Waals surface area contributed by atoms with E-state index in [0.717, 1.165) is 28.2 Å². The average molecular weight is 292 g/mol. The lowest BCUT2D eigenvalue weighted by molar-refractivity contribution is 0.0532. The zero-order valence-corrected chi connectivity index (χ0v) is 12.4. The number of nitrogen functional groups attached to an aromatic ring is 1. The van der Waals surface area contributed by atoms with E-state index in [1.807, 2.05) is 25.1 Å². The first kappa shape index (κ1) is 14.3. The summed E-state index contributed by atoms with van der Waals surface area (Å²) in [4.78, 5) is 16.6. The number of nitrogens with two attached hydrogens (primary N) is 1. The molecule has 0 atom stereocenters. The van der Waals surface area contributed by atoms with Gasteiger partial charge in [-0.15, -0.1) is 0 Å². The predicted octanol–water partition coefficient (Wildman–Crippen LogP) is 2.89. The van der Waals surface area contributed by atoms with Gasteiger partial charge in [0.05, 0.1) is 19.4 Å². The van der Waals surface area contributed by atoms with Gasteiger partial charge in [0.15, 0.2) is 5.13 Å². The van der Waals surface area contributed by atoms with Crippen LogP contribution < -0.4 is 10.5 Å². The molecule has 0 radical (unpaired) electrons. The van der Waals surface area contributed by atoms with Crippen LogP contribution in [0.4, 0.5) is 5.13 Å². The Hall–Kier alpha value is -2.08. The highest BCUT2D eigenvalue weighted by Gasteiger charge is 2.21. The number of esters is 1. The van der Waals surface area contributed by atoms with Crippen molar-refractivity contribution in [3.05, 3.63) is 28.6 Å². The van der Waals surface area contributed by atoms with Gasteiger partial charge in [0, 0.05) is 5.56 Å². The van der Waals surface area contributed by atoms with Gasteiger partial charge >= 0.3 is 5.97 Å². The molecule has 0 aliphatic carbocycles. The van der Waals surface area contributed by atoms with E-state index in [2.05, 4.69) is 4.98 Å². The van der Waals surface area contributed by atoms with Crippen LogP contribution in [-0.4, -0.2) is 24.7 Å². The molecule has 1 aromatic heterocycles. The Kier molecular flexibility index (Phi) is 4.24. The van der Waals surface area contributed by atoms with E-state index in [-0.39, 0.29) is 0 Å². The van der Waals surface area contributed by atoms with Gasteiger partial charge < -0.3 is 15.2 Å². The molecule has 20 heavy (non-hydrogen) atoms. The second-order valence-electron chi connectivity index (χ2n) is 4.13. The van der Waals surface area contributed by atoms with Crippen LogP contribution in [0.5, 0.6) is 5.75 Å². The Balaban J connectivity index is 2.50. The molecule has 2 rings (SSSR count). The molecule has 5 nitrogen and oxygen atoms in total. The number of hydrogen-bond donors (Lipinski definition) is 1. The fraction of sp³-hybridized carbons (Fsp3) is 0.286. The van der Waals surface area contributed by atoms with Crippen LogP contribution in [0.15, 0.2) is 18.2 Å². The molecule has 0 amide bonds. The van der Waals surface area contributed by atoms with E-state index in [4.69, 9.17) is 15.2 Å². The van der Waals surface area contributed by atoms with Crippen LogP contribution in [0.1, 0.15) is 22.2 Å². The molecule has 1 heterocycles. The number of benzene rings is 1. The van der Waals surface area contributed by atoms with Crippen molar-refractivity contribution in [1.82, 2.24) is 4.98 Å². The van der Waals surface area contributed by atoms with Gasteiger partial charge in [-0.1, -0.05) is 11.3 Å². The molecule has 0 spiro atoms. The second-order valence-corrected chi connectivity index (χ2v) is 5.16. The molecular formula is C14H16N2O3S. The number of methoxy groups -OCH3 is 1. The van der Waals surface area contributed by atoms with Gasteiger partial charge in [-0.3, -0.25) is 0 Å². The van der Waals surface area contributed by atoms with Gasteiger partial charge in [-0.2, -0.15) is 0 Å². The van der Waals surface area contributed by atoms with Crippen molar-refractivity contribution in [2.24, 2.45) is 0 Å². The summed E-state index contributed by atoms with van der Waals surface area (Å²) in [5.74, 6) is 0.360. The standard InChI is InChI=1S/C14H16N2O3S/c1-4-19-13(17)12-11(16-14(15)20-12)10-6-5-9(18-3)7-8(10)2/h5-7H,4H2,1-3H3,(H2,15,16). The topological polar surface area (TPSA) is 74.4 Å². The zero-order valence-electron chi connectivity index (χ0n) is 11.6. The molecular weight excluding hydrogens is 276 g/mol. The molecule has 2 aromatic rings. The van der Waals surface area contributed by atoms with E-state index in [1.165, 1.54) is 0 Å². The van der Waals surface area contributed by atoms with Crippen molar-refractivity contribution < 1.29 is 14.3 Å². The van der Waals surface area contributed by atoms with Gasteiger partial charge in [0.25, 0.3) is 0 Å². The fourth-order valence-corrected chi connectivity index (χ4v) is 2.62. The minimum Gasteiger partial charge on any atom is -0.497 e. The van der Waals surface area contributed by atoms with Crippen LogP contribution in [0.25, 0.3) is 11.3 Å². The lowest BCUT2D eigenvalue weighted by Crippen LogP contribution is -2.04. The van der Waals surface area contributed by atoms with Gasteiger partial charge in [-0.25, -0.2) is 9.78 Å². The Labute approximate surface area is 121 Å². The molecule has 0 saturated heterocycles. The number of carbonyl (C=O) groups is 1. The molecule has 0 aliphatic rings. The minimum absolute atomic E-state index is 0.317. The minimum atomic E-state index is -0.396. The maximum Gasteiger partial charge on any atom is 0.350 e. The summed E-state index contributed by atoms with van der Waals surface area (Å²) in [5.41, 5.74) is 8.10. The quantitative estimate of drug-likeness (QED) is 0.877. The van der Waals surface area contributed by atoms with Crippen molar-refractivity contribution in [3.63, 3.8) is 0 Å². The fourth-order valence-electron chi connectivity index (χ4n) is 1.88. The van der Waals surface area contributed by atoms with Crippen LogP contribution in [0, 0.1) is 6.92 Å². The van der Waals surface area contributed by atoms with Crippen molar-refractivity contribution in [3.8, 4) is 17.0 Å². The smallest absolute Gasteiger partial charge is 0.350 e. The third kappa shape index (κ3) is 2.75. The lowest BCUT2D eigenvalue weighted by atomic mass is 10.0. The molecule has 0 saturated carbocycles. The Morgan fingerprint density at radius 3 is 2.80 bits per heavy atom. The molecule has 0 bridgehead atoms. The normalized spacial score (nSPS) is 10.3. The van der Waals surface area contributed by atoms with E-state index in [1.54, 1.807) is 14.0 Å². The SMILES string of the molecule is CCOC(=O)c1sc(N)nc1-c1ccc(OC)cc1C. The number of ether oxygens (including phenoxy) is 2. The van der Waals surface area contributed by atoms with Gasteiger partial charge in [0.1, 0.15) is 10.6 Å². The summed E-state index contributed by atoms with van der Waals surface area (Å²) in [6.45, 7) is 4.01. The van der Waals surface area contributed by atoms with Gasteiger partial charge in [-0.05, 0) is 37.6 Å². The third-order valence-electron chi connectivity index (χ3n) is 2.79. The van der Waals surface area contributed by atoms with Crippen LogP contribution >= 0.6 is 11.3 Å². The number of hydrogen-bond acceptors (Lipinski definition) is 6. The molecule has 0 fully saturated rings. The maximum atomic E-state index is 12.0. The van der Waals surface area contributed by atoms with Crippen LogP contribution in [0.2, 0.25) is 0 Å². The summed E-state index contributed by atoms with van der Waals surface area (Å²) < 4.78 is 10.2. The summed E-state index contributed by atoms with van der Waals surface area (Å²) in [5, 5.41) is 0.346.